The van der Waals surface area contributed by atoms with Gasteiger partial charge < -0.3 is 28.8 Å². The summed E-state index contributed by atoms with van der Waals surface area (Å²) in [6.07, 6.45) is 3.20. The highest BCUT2D eigenvalue weighted by Gasteiger charge is 2.32. The van der Waals surface area contributed by atoms with Gasteiger partial charge in [-0.05, 0) is 110 Å². The van der Waals surface area contributed by atoms with Crippen molar-refractivity contribution < 1.29 is 28.8 Å². The van der Waals surface area contributed by atoms with Crippen LogP contribution in [0.1, 0.15) is 45.5 Å². The Hall–Kier alpha value is -4.40. The molecule has 1 N–H and O–H groups in total. The lowest BCUT2D eigenvalue weighted by Crippen LogP contribution is -2.33. The molecule has 4 aliphatic heterocycles. The normalized spacial score (nSPS) is 19.4. The Balaban J connectivity index is 1.43. The van der Waals surface area contributed by atoms with Crippen LogP contribution >= 0.6 is 0 Å². The monoisotopic (exact) mass is 608 g/mol. The molecule has 4 heterocycles. The molecule has 2 atom stereocenters. The number of methoxy groups -OCH3 is 3. The van der Waals surface area contributed by atoms with E-state index in [-0.39, 0.29) is 17.8 Å². The number of fused-ring (bicyclic) bond motifs is 2. The first-order valence-electron chi connectivity index (χ1n) is 15.5. The lowest BCUT2D eigenvalue weighted by molar-refractivity contribution is 0.224. The number of hydrogen-bond donors (Lipinski definition) is 1. The molecule has 0 aliphatic carbocycles. The number of ether oxygens (including phenoxy) is 5. The van der Waals surface area contributed by atoms with Crippen molar-refractivity contribution in [1.82, 2.24) is 9.80 Å². The number of phenolic OH excluding ortho intramolecular Hbond substituents is 1. The molecule has 0 radical (unpaired) electrons. The van der Waals surface area contributed by atoms with Crippen LogP contribution in [0.3, 0.4) is 0 Å². The van der Waals surface area contributed by atoms with Crippen molar-refractivity contribution >= 4 is 0 Å². The minimum atomic E-state index is -0.00104. The molecule has 45 heavy (non-hydrogen) atoms. The van der Waals surface area contributed by atoms with Gasteiger partial charge in [0, 0.05) is 30.7 Å². The summed E-state index contributed by atoms with van der Waals surface area (Å²) in [6.45, 7) is 1.77. The first kappa shape index (κ1) is 29.3. The van der Waals surface area contributed by atoms with Gasteiger partial charge in [-0.2, -0.15) is 0 Å². The molecular formula is C37H40N2O6. The first-order chi connectivity index (χ1) is 21.9. The molecule has 0 saturated carbocycles. The zero-order valence-corrected chi connectivity index (χ0v) is 26.6. The fraction of sp³-hybridized carbons (Fsp3) is 0.351. The van der Waals surface area contributed by atoms with Crippen LogP contribution in [-0.2, 0) is 25.7 Å². The number of likely N-dealkylation sites (N-methyl/N-ethyl adjacent to an activating group) is 2. The maximum absolute atomic E-state index is 11.5. The van der Waals surface area contributed by atoms with Crippen LogP contribution in [0, 0.1) is 0 Å². The van der Waals surface area contributed by atoms with E-state index in [1.807, 2.05) is 24.3 Å². The summed E-state index contributed by atoms with van der Waals surface area (Å²) >= 11 is 0. The van der Waals surface area contributed by atoms with Crippen molar-refractivity contribution in [2.45, 2.75) is 37.8 Å². The summed E-state index contributed by atoms with van der Waals surface area (Å²) in [6, 6.07) is 20.7. The van der Waals surface area contributed by atoms with Gasteiger partial charge in [0.2, 0.25) is 5.75 Å². The highest BCUT2D eigenvalue weighted by molar-refractivity contribution is 5.62. The van der Waals surface area contributed by atoms with Crippen molar-refractivity contribution in [3.8, 4) is 46.0 Å². The number of rotatable bonds is 3. The van der Waals surface area contributed by atoms with E-state index in [2.05, 4.69) is 60.3 Å². The minimum absolute atomic E-state index is 0.00104. The van der Waals surface area contributed by atoms with Crippen LogP contribution in [-0.4, -0.2) is 63.4 Å². The summed E-state index contributed by atoms with van der Waals surface area (Å²) in [7, 11) is 9.23. The van der Waals surface area contributed by atoms with Crippen LogP contribution in [0.4, 0.5) is 0 Å². The Morgan fingerprint density at radius 3 is 2.04 bits per heavy atom. The Morgan fingerprint density at radius 1 is 0.667 bits per heavy atom. The molecule has 4 aliphatic rings. The average molecular weight is 609 g/mol. The van der Waals surface area contributed by atoms with E-state index in [9.17, 15) is 5.11 Å². The molecule has 8 rings (SSSR count). The third kappa shape index (κ3) is 5.32. The second-order valence-corrected chi connectivity index (χ2v) is 12.3. The van der Waals surface area contributed by atoms with Gasteiger partial charge in [-0.3, -0.25) is 9.80 Å². The van der Waals surface area contributed by atoms with Crippen molar-refractivity contribution in [1.29, 1.82) is 0 Å². The summed E-state index contributed by atoms with van der Waals surface area (Å²) in [5.74, 6) is 4.12. The van der Waals surface area contributed by atoms with Crippen LogP contribution in [0.25, 0.3) is 0 Å². The predicted octanol–water partition coefficient (Wildman–Crippen LogP) is 6.86. The summed E-state index contributed by atoms with van der Waals surface area (Å²) in [5, 5.41) is 11.5. The Morgan fingerprint density at radius 2 is 1.31 bits per heavy atom. The SMILES string of the molecule is COc1ccc2cc1Oc1ccc(cc1)C[C@H]1c3cc(c(OC)cc3CCN1C)Oc1cc3c(c(OC)c1O)CCN(C)[C@H]3C2. The minimum Gasteiger partial charge on any atom is -0.502 e. The predicted molar refractivity (Wildman–Crippen MR) is 173 cm³/mol. The zero-order chi connectivity index (χ0) is 31.2. The van der Waals surface area contributed by atoms with Gasteiger partial charge in [-0.15, -0.1) is 0 Å². The van der Waals surface area contributed by atoms with Gasteiger partial charge in [-0.1, -0.05) is 18.2 Å². The van der Waals surface area contributed by atoms with E-state index in [0.29, 0.717) is 40.9 Å². The number of aromatic hydroxyl groups is 1. The fourth-order valence-corrected chi connectivity index (χ4v) is 7.14. The van der Waals surface area contributed by atoms with Crippen LogP contribution in [0.5, 0.6) is 46.0 Å². The fourth-order valence-electron chi connectivity index (χ4n) is 7.14. The topological polar surface area (TPSA) is 72.9 Å². The lowest BCUT2D eigenvalue weighted by atomic mass is 9.87. The lowest BCUT2D eigenvalue weighted by Gasteiger charge is -2.36. The quantitative estimate of drug-likeness (QED) is 0.271. The summed E-state index contributed by atoms with van der Waals surface area (Å²) < 4.78 is 30.4. The average Bonchev–Trinajstić information content (AvgIpc) is 3.05. The van der Waals surface area contributed by atoms with Gasteiger partial charge >= 0.3 is 0 Å². The Labute approximate surface area is 264 Å². The van der Waals surface area contributed by atoms with E-state index in [1.54, 1.807) is 21.3 Å². The molecule has 0 spiro atoms. The van der Waals surface area contributed by atoms with Crippen molar-refractivity contribution in [3.05, 3.63) is 94.0 Å². The Bertz CT molecular complexity index is 1740. The molecule has 4 aromatic carbocycles. The third-order valence-corrected chi connectivity index (χ3v) is 9.67. The van der Waals surface area contributed by atoms with Gasteiger partial charge in [0.15, 0.2) is 34.5 Å². The molecule has 8 bridgehead atoms. The molecular weight excluding hydrogens is 568 g/mol. The number of nitrogens with zero attached hydrogens (tertiary/aromatic N) is 2. The molecule has 0 amide bonds. The van der Waals surface area contributed by atoms with E-state index >= 15 is 0 Å². The summed E-state index contributed by atoms with van der Waals surface area (Å²) in [5.41, 5.74) is 6.81. The van der Waals surface area contributed by atoms with Crippen LogP contribution in [0.15, 0.2) is 60.7 Å². The molecule has 8 nitrogen and oxygen atoms in total. The van der Waals surface area contributed by atoms with E-state index < -0.39 is 0 Å². The molecule has 0 fully saturated rings. The van der Waals surface area contributed by atoms with Gasteiger partial charge in [0.1, 0.15) is 5.75 Å². The van der Waals surface area contributed by atoms with Gasteiger partial charge in [0.05, 0.1) is 21.3 Å². The van der Waals surface area contributed by atoms with E-state index in [0.717, 1.165) is 54.8 Å². The first-order valence-corrected chi connectivity index (χ1v) is 15.5. The largest absolute Gasteiger partial charge is 0.502 e. The van der Waals surface area contributed by atoms with Crippen LogP contribution in [0.2, 0.25) is 0 Å². The smallest absolute Gasteiger partial charge is 0.201 e. The van der Waals surface area contributed by atoms with Crippen LogP contribution < -0.4 is 23.7 Å². The zero-order valence-electron chi connectivity index (χ0n) is 26.6. The summed E-state index contributed by atoms with van der Waals surface area (Å²) in [4.78, 5) is 4.73. The second kappa shape index (κ2) is 11.8. The van der Waals surface area contributed by atoms with E-state index in [1.165, 1.54) is 16.7 Å². The maximum Gasteiger partial charge on any atom is 0.201 e. The molecule has 0 unspecified atom stereocenters. The van der Waals surface area contributed by atoms with Gasteiger partial charge in [0.25, 0.3) is 0 Å². The third-order valence-electron chi connectivity index (χ3n) is 9.67. The van der Waals surface area contributed by atoms with Crippen molar-refractivity contribution in [2.75, 3.05) is 48.5 Å². The molecule has 8 heteroatoms. The van der Waals surface area contributed by atoms with Crippen molar-refractivity contribution in [2.24, 2.45) is 0 Å². The highest BCUT2D eigenvalue weighted by Crippen LogP contribution is 2.50. The van der Waals surface area contributed by atoms with Crippen molar-refractivity contribution in [3.63, 3.8) is 0 Å². The second-order valence-electron chi connectivity index (χ2n) is 12.3. The maximum atomic E-state index is 11.5. The number of phenols is 1. The Kier molecular flexibility index (Phi) is 7.71. The number of hydrogen-bond acceptors (Lipinski definition) is 8. The number of benzene rings is 4. The molecule has 4 aromatic rings. The standard InChI is InChI=1S/C37H40N2O6/c1-38-14-12-24-19-32(42-4)34-20-27(24)29(38)16-22-6-9-25(10-7-22)44-33-18-23(8-11-31(33)41-3)17-30-28-21-35(45-34)36(40)37(43-5)26(28)13-15-39(30)2/h6-11,18-21,29-30,40H,12-17H2,1-5H3/t29-,30-/m0/s1. The molecule has 0 saturated heterocycles. The highest BCUT2D eigenvalue weighted by atomic mass is 16.5. The van der Waals surface area contributed by atoms with E-state index in [4.69, 9.17) is 23.7 Å². The molecule has 234 valence electrons. The van der Waals surface area contributed by atoms with Gasteiger partial charge in [-0.25, -0.2) is 0 Å². The molecule has 0 aromatic heterocycles.